The van der Waals surface area contributed by atoms with Gasteiger partial charge in [-0.2, -0.15) is 0 Å². The third-order valence-electron chi connectivity index (χ3n) is 1.42. The van der Waals surface area contributed by atoms with E-state index in [2.05, 4.69) is 4.98 Å². The van der Waals surface area contributed by atoms with E-state index in [0.717, 1.165) is 6.07 Å². The summed E-state index contributed by atoms with van der Waals surface area (Å²) in [5, 5.41) is -0.559. The normalized spacial score (nSPS) is 12.1. The van der Waals surface area contributed by atoms with Crippen molar-refractivity contribution in [1.82, 2.24) is 4.98 Å². The Morgan fingerprint density at radius 1 is 1.47 bits per heavy atom. The maximum absolute atomic E-state index is 12.5. The lowest BCUT2D eigenvalue weighted by Gasteiger charge is -2.07. The first-order valence-corrected chi connectivity index (χ1v) is 7.09. The highest BCUT2D eigenvalue weighted by Gasteiger charge is 2.26. The van der Waals surface area contributed by atoms with Gasteiger partial charge in [0.25, 0.3) is 15.5 Å². The Kier molecular flexibility index (Phi) is 4.13. The van der Waals surface area contributed by atoms with E-state index in [9.17, 15) is 17.2 Å². The van der Waals surface area contributed by atoms with Crippen molar-refractivity contribution in [3.8, 4) is 0 Å². The molecule has 0 bridgehead atoms. The molecule has 0 radical (unpaired) electrons. The average molecular weight is 388 g/mol. The molecule has 0 aliphatic heterocycles. The Balaban J connectivity index is 3.62. The molecule has 0 N–H and O–H groups in total. The van der Waals surface area contributed by atoms with Gasteiger partial charge < -0.3 is 0 Å². The molecule has 1 rings (SSSR count). The van der Waals surface area contributed by atoms with E-state index in [1.165, 1.54) is 0 Å². The fourth-order valence-electron chi connectivity index (χ4n) is 0.873. The lowest BCUT2D eigenvalue weighted by Crippen LogP contribution is -2.02. The van der Waals surface area contributed by atoms with Gasteiger partial charge in [0.1, 0.15) is 8.85 Å². The number of rotatable bonds is 2. The van der Waals surface area contributed by atoms with Crippen LogP contribution in [0.25, 0.3) is 0 Å². The zero-order valence-electron chi connectivity index (χ0n) is 6.72. The Morgan fingerprint density at radius 2 is 2.00 bits per heavy atom. The molecular formula is C6H2Cl2F2INO2S. The second-order valence-corrected chi connectivity index (χ2v) is 6.38. The van der Waals surface area contributed by atoms with Crippen molar-refractivity contribution in [3.63, 3.8) is 0 Å². The number of nitrogens with zero attached hydrogens (tertiary/aromatic N) is 1. The number of hydrogen-bond acceptors (Lipinski definition) is 3. The molecular weight excluding hydrogens is 386 g/mol. The van der Waals surface area contributed by atoms with Crippen LogP contribution in [0.1, 0.15) is 12.0 Å². The highest BCUT2D eigenvalue weighted by atomic mass is 127. The van der Waals surface area contributed by atoms with Crippen LogP contribution in [0.3, 0.4) is 0 Å². The van der Waals surface area contributed by atoms with Crippen LogP contribution in [0.5, 0.6) is 0 Å². The van der Waals surface area contributed by atoms with Crippen LogP contribution >= 0.6 is 44.9 Å². The van der Waals surface area contributed by atoms with E-state index in [1.807, 2.05) is 0 Å². The molecule has 0 unspecified atom stereocenters. The highest BCUT2D eigenvalue weighted by Crippen LogP contribution is 2.34. The standard InChI is InChI=1S/C6H2Cl2F2INO2S/c7-5-4(6(9)10)2(15(8,13)14)1-3(11)12-5/h1,6H. The van der Waals surface area contributed by atoms with Crippen LogP contribution < -0.4 is 0 Å². The van der Waals surface area contributed by atoms with E-state index < -0.39 is 31.1 Å². The molecule has 1 aromatic heterocycles. The lowest BCUT2D eigenvalue weighted by atomic mass is 10.3. The van der Waals surface area contributed by atoms with Crippen LogP contribution in [0.2, 0.25) is 5.15 Å². The maximum atomic E-state index is 12.5. The van der Waals surface area contributed by atoms with Crippen LogP contribution in [0.15, 0.2) is 11.0 Å². The number of hydrogen-bond donors (Lipinski definition) is 0. The summed E-state index contributed by atoms with van der Waals surface area (Å²) < 4.78 is 47.2. The van der Waals surface area contributed by atoms with Crippen molar-refractivity contribution in [2.75, 3.05) is 0 Å². The second kappa shape index (κ2) is 4.64. The quantitative estimate of drug-likeness (QED) is 0.444. The van der Waals surface area contributed by atoms with E-state index in [0.29, 0.717) is 0 Å². The molecule has 0 aliphatic rings. The van der Waals surface area contributed by atoms with Crippen LogP contribution in [0.4, 0.5) is 8.78 Å². The van der Waals surface area contributed by atoms with E-state index in [1.54, 1.807) is 22.6 Å². The Morgan fingerprint density at radius 3 is 2.40 bits per heavy atom. The van der Waals surface area contributed by atoms with Gasteiger partial charge in [0.05, 0.1) is 10.5 Å². The molecule has 0 saturated carbocycles. The number of halogens is 5. The smallest absolute Gasteiger partial charge is 0.230 e. The number of aromatic nitrogens is 1. The lowest BCUT2D eigenvalue weighted by molar-refractivity contribution is 0.147. The third kappa shape index (κ3) is 3.11. The summed E-state index contributed by atoms with van der Waals surface area (Å²) in [7, 11) is 0.740. The minimum absolute atomic E-state index is 0.168. The van der Waals surface area contributed by atoms with Crippen molar-refractivity contribution in [2.45, 2.75) is 11.3 Å². The van der Waals surface area contributed by atoms with Gasteiger partial charge in [0.15, 0.2) is 0 Å². The van der Waals surface area contributed by atoms with Gasteiger partial charge in [0, 0.05) is 10.7 Å². The van der Waals surface area contributed by atoms with Gasteiger partial charge in [-0.05, 0) is 28.7 Å². The largest absolute Gasteiger partial charge is 0.268 e. The molecule has 3 nitrogen and oxygen atoms in total. The van der Waals surface area contributed by atoms with E-state index in [4.69, 9.17) is 22.3 Å². The van der Waals surface area contributed by atoms with E-state index >= 15 is 0 Å². The first kappa shape index (κ1) is 13.3. The fourth-order valence-corrected chi connectivity index (χ4v) is 3.19. The summed E-state index contributed by atoms with van der Waals surface area (Å²) in [5.41, 5.74) is -0.868. The number of pyridine rings is 1. The molecule has 0 saturated heterocycles. The van der Waals surface area contributed by atoms with Gasteiger partial charge >= 0.3 is 0 Å². The Labute approximate surface area is 107 Å². The second-order valence-electron chi connectivity index (χ2n) is 2.39. The van der Waals surface area contributed by atoms with Crippen molar-refractivity contribution in [1.29, 1.82) is 0 Å². The molecule has 0 amide bonds. The molecule has 0 aromatic carbocycles. The summed E-state index contributed by atoms with van der Waals surface area (Å²) in [6.45, 7) is 0. The van der Waals surface area contributed by atoms with Gasteiger partial charge in [0.2, 0.25) is 0 Å². The molecule has 1 heterocycles. The summed E-state index contributed by atoms with van der Waals surface area (Å²) in [5.74, 6) is 0. The highest BCUT2D eigenvalue weighted by molar-refractivity contribution is 14.1. The minimum atomic E-state index is -4.26. The molecule has 0 spiro atoms. The monoisotopic (exact) mass is 387 g/mol. The van der Waals surface area contributed by atoms with E-state index in [-0.39, 0.29) is 3.70 Å². The van der Waals surface area contributed by atoms with Gasteiger partial charge in [-0.25, -0.2) is 22.2 Å². The van der Waals surface area contributed by atoms with Crippen molar-refractivity contribution >= 4 is 53.9 Å². The number of alkyl halides is 2. The Hall–Kier alpha value is 0.270. The Bertz CT molecular complexity index is 494. The van der Waals surface area contributed by atoms with Crippen LogP contribution in [-0.2, 0) is 9.05 Å². The third-order valence-corrected chi connectivity index (χ3v) is 3.63. The zero-order valence-corrected chi connectivity index (χ0v) is 11.2. The van der Waals surface area contributed by atoms with Gasteiger partial charge in [-0.3, -0.25) is 0 Å². The summed E-state index contributed by atoms with van der Waals surface area (Å²) in [6.07, 6.45) is -3.05. The van der Waals surface area contributed by atoms with Crippen LogP contribution in [-0.4, -0.2) is 13.4 Å². The first-order chi connectivity index (χ1) is 6.73. The predicted molar refractivity (Wildman–Crippen MR) is 60.0 cm³/mol. The summed E-state index contributed by atoms with van der Waals surface area (Å²) in [4.78, 5) is 2.81. The average Bonchev–Trinajstić information content (AvgIpc) is 1.99. The maximum Gasteiger partial charge on any atom is 0.268 e. The SMILES string of the molecule is O=S(=O)(Cl)c1cc(I)nc(Cl)c1C(F)F. The van der Waals surface area contributed by atoms with Crippen molar-refractivity contribution < 1.29 is 17.2 Å². The topological polar surface area (TPSA) is 47.0 Å². The molecule has 84 valence electrons. The molecule has 0 aliphatic carbocycles. The fraction of sp³-hybridized carbons (Fsp3) is 0.167. The predicted octanol–water partition coefficient (Wildman–Crippen LogP) is 3.20. The molecule has 0 fully saturated rings. The summed E-state index contributed by atoms with van der Waals surface area (Å²) >= 11 is 7.06. The van der Waals surface area contributed by atoms with Gasteiger partial charge in [-0.15, -0.1) is 0 Å². The molecule has 15 heavy (non-hydrogen) atoms. The molecule has 0 atom stereocenters. The zero-order chi connectivity index (χ0) is 11.8. The van der Waals surface area contributed by atoms with Crippen LogP contribution in [0, 0.1) is 3.70 Å². The first-order valence-electron chi connectivity index (χ1n) is 3.32. The molecule has 1 aromatic rings. The minimum Gasteiger partial charge on any atom is -0.230 e. The van der Waals surface area contributed by atoms with Gasteiger partial charge in [-0.1, -0.05) is 11.6 Å². The van der Waals surface area contributed by atoms with Crippen molar-refractivity contribution in [2.24, 2.45) is 0 Å². The summed E-state index contributed by atoms with van der Waals surface area (Å²) in [6, 6.07) is 0.941. The molecule has 9 heteroatoms. The van der Waals surface area contributed by atoms with Crippen molar-refractivity contribution in [3.05, 3.63) is 20.5 Å².